The summed E-state index contributed by atoms with van der Waals surface area (Å²) < 4.78 is 5.71. The lowest BCUT2D eigenvalue weighted by Crippen LogP contribution is -2.40. The second kappa shape index (κ2) is 9.03. The van der Waals surface area contributed by atoms with Gasteiger partial charge in [-0.25, -0.2) is 4.79 Å². The van der Waals surface area contributed by atoms with E-state index in [4.69, 9.17) is 4.74 Å². The van der Waals surface area contributed by atoms with Crippen molar-refractivity contribution in [2.45, 2.75) is 44.6 Å². The quantitative estimate of drug-likeness (QED) is 0.594. The molecular weight excluding hydrogens is 402 g/mol. The van der Waals surface area contributed by atoms with Crippen LogP contribution < -0.4 is 4.74 Å². The number of carbonyl (C=O) groups is 2. The van der Waals surface area contributed by atoms with Crippen molar-refractivity contribution >= 4 is 22.6 Å². The van der Waals surface area contributed by atoms with E-state index in [1.807, 2.05) is 47.4 Å². The highest BCUT2D eigenvalue weighted by Crippen LogP contribution is 2.31. The highest BCUT2D eigenvalue weighted by molar-refractivity contribution is 5.90. The van der Waals surface area contributed by atoms with Crippen LogP contribution in [0.3, 0.4) is 0 Å². The van der Waals surface area contributed by atoms with Gasteiger partial charge < -0.3 is 14.7 Å². The number of benzene rings is 3. The maximum Gasteiger partial charge on any atom is 0.347 e. The Hall–Kier alpha value is -3.34. The van der Waals surface area contributed by atoms with Crippen LogP contribution in [-0.2, 0) is 16.0 Å². The Balaban J connectivity index is 1.47. The minimum absolute atomic E-state index is 0.144. The third-order valence-corrected chi connectivity index (χ3v) is 6.21. The van der Waals surface area contributed by atoms with Gasteiger partial charge in [0.15, 0.2) is 5.60 Å². The van der Waals surface area contributed by atoms with Crippen molar-refractivity contribution in [1.82, 2.24) is 4.90 Å². The number of hydrogen-bond acceptors (Lipinski definition) is 3. The van der Waals surface area contributed by atoms with E-state index < -0.39 is 11.6 Å². The SMILES string of the molecule is CC(C)(Oc1cccc([C@@H]2CCCN(C(=O)Cc3cccc4ccccc34)C2)c1)C(=O)O. The van der Waals surface area contributed by atoms with Crippen LogP contribution in [0.4, 0.5) is 0 Å². The molecule has 166 valence electrons. The number of likely N-dealkylation sites (tertiary alicyclic amines) is 1. The molecule has 4 rings (SSSR count). The van der Waals surface area contributed by atoms with Crippen LogP contribution in [0.5, 0.6) is 5.75 Å². The van der Waals surface area contributed by atoms with Crippen LogP contribution in [0.15, 0.2) is 66.7 Å². The van der Waals surface area contributed by atoms with Gasteiger partial charge in [0.2, 0.25) is 5.91 Å². The predicted molar refractivity (Wildman–Crippen MR) is 125 cm³/mol. The van der Waals surface area contributed by atoms with Crippen molar-refractivity contribution in [3.63, 3.8) is 0 Å². The number of aliphatic carboxylic acids is 1. The van der Waals surface area contributed by atoms with Crippen LogP contribution in [0.2, 0.25) is 0 Å². The molecule has 3 aromatic carbocycles. The molecule has 1 atom stereocenters. The highest BCUT2D eigenvalue weighted by atomic mass is 16.5. The summed E-state index contributed by atoms with van der Waals surface area (Å²) in [6.45, 7) is 4.50. The first kappa shape index (κ1) is 21.9. The lowest BCUT2D eigenvalue weighted by Gasteiger charge is -2.33. The second-order valence-corrected chi connectivity index (χ2v) is 8.98. The van der Waals surface area contributed by atoms with Crippen LogP contribution in [0.1, 0.15) is 43.7 Å². The van der Waals surface area contributed by atoms with Gasteiger partial charge in [-0.15, -0.1) is 0 Å². The number of carbonyl (C=O) groups excluding carboxylic acids is 1. The molecule has 0 bridgehead atoms. The number of rotatable bonds is 6. The van der Waals surface area contributed by atoms with E-state index >= 15 is 0 Å². The van der Waals surface area contributed by atoms with Gasteiger partial charge in [0, 0.05) is 19.0 Å². The Morgan fingerprint density at radius 2 is 1.81 bits per heavy atom. The number of piperidine rings is 1. The van der Waals surface area contributed by atoms with Gasteiger partial charge in [-0.1, -0.05) is 54.6 Å². The molecule has 0 aromatic heterocycles. The maximum absolute atomic E-state index is 13.2. The molecule has 1 fully saturated rings. The molecule has 5 nitrogen and oxygen atoms in total. The number of hydrogen-bond donors (Lipinski definition) is 1. The standard InChI is InChI=1S/C27H29NO4/c1-27(2,26(30)31)32-23-13-6-10-20(16-23)22-12-7-15-28(18-22)25(29)17-21-11-5-9-19-8-3-4-14-24(19)21/h3-6,8-11,13-14,16,22H,7,12,15,17-18H2,1-2H3,(H,30,31)/t22-/m1/s1. The molecule has 1 heterocycles. The van der Waals surface area contributed by atoms with E-state index in [0.29, 0.717) is 18.7 Å². The molecule has 0 aliphatic carbocycles. The van der Waals surface area contributed by atoms with Crippen molar-refractivity contribution < 1.29 is 19.4 Å². The summed E-state index contributed by atoms with van der Waals surface area (Å²) in [5, 5.41) is 11.6. The topological polar surface area (TPSA) is 66.8 Å². The first-order valence-electron chi connectivity index (χ1n) is 11.1. The highest BCUT2D eigenvalue weighted by Gasteiger charge is 2.30. The summed E-state index contributed by atoms with van der Waals surface area (Å²) >= 11 is 0. The average Bonchev–Trinajstić information content (AvgIpc) is 2.79. The molecule has 1 amide bonds. The zero-order valence-electron chi connectivity index (χ0n) is 18.6. The van der Waals surface area contributed by atoms with Gasteiger partial charge >= 0.3 is 5.97 Å². The molecule has 32 heavy (non-hydrogen) atoms. The van der Waals surface area contributed by atoms with Gasteiger partial charge in [-0.3, -0.25) is 4.79 Å². The van der Waals surface area contributed by atoms with Crippen LogP contribution in [0, 0.1) is 0 Å². The minimum atomic E-state index is -1.30. The van der Waals surface area contributed by atoms with Gasteiger partial charge in [-0.2, -0.15) is 0 Å². The van der Waals surface area contributed by atoms with Crippen molar-refractivity contribution in [1.29, 1.82) is 0 Å². The molecule has 1 saturated heterocycles. The molecule has 1 N–H and O–H groups in total. The normalized spacial score (nSPS) is 16.7. The van der Waals surface area contributed by atoms with E-state index in [0.717, 1.165) is 41.3 Å². The number of ether oxygens (including phenoxy) is 1. The van der Waals surface area contributed by atoms with Crippen molar-refractivity contribution in [2.75, 3.05) is 13.1 Å². The Kier molecular flexibility index (Phi) is 6.17. The van der Waals surface area contributed by atoms with Crippen molar-refractivity contribution in [3.8, 4) is 5.75 Å². The van der Waals surface area contributed by atoms with E-state index in [-0.39, 0.29) is 11.8 Å². The summed E-state index contributed by atoms with van der Waals surface area (Å²) in [7, 11) is 0. The Bertz CT molecular complexity index is 1130. The first-order chi connectivity index (χ1) is 15.3. The number of nitrogens with zero attached hydrogens (tertiary/aromatic N) is 1. The number of fused-ring (bicyclic) bond motifs is 1. The average molecular weight is 432 g/mol. The zero-order valence-corrected chi connectivity index (χ0v) is 18.6. The molecular formula is C27H29NO4. The molecule has 0 spiro atoms. The lowest BCUT2D eigenvalue weighted by atomic mass is 9.90. The number of carboxylic acid groups (broad SMARTS) is 1. The van der Waals surface area contributed by atoms with E-state index in [1.165, 1.54) is 13.8 Å². The Labute approximate surface area is 188 Å². The number of amides is 1. The van der Waals surface area contributed by atoms with Crippen LogP contribution >= 0.6 is 0 Å². The largest absolute Gasteiger partial charge is 0.478 e. The van der Waals surface area contributed by atoms with Crippen LogP contribution in [-0.4, -0.2) is 40.6 Å². The predicted octanol–water partition coefficient (Wildman–Crippen LogP) is 5.03. The van der Waals surface area contributed by atoms with Crippen molar-refractivity contribution in [2.24, 2.45) is 0 Å². The zero-order chi connectivity index (χ0) is 22.7. The molecule has 5 heteroatoms. The molecule has 0 saturated carbocycles. The third kappa shape index (κ3) is 4.77. The minimum Gasteiger partial charge on any atom is -0.478 e. The fourth-order valence-electron chi connectivity index (χ4n) is 4.37. The number of carboxylic acids is 1. The van der Waals surface area contributed by atoms with Gasteiger partial charge in [-0.05, 0) is 60.7 Å². The van der Waals surface area contributed by atoms with Crippen molar-refractivity contribution in [3.05, 3.63) is 77.9 Å². The smallest absolute Gasteiger partial charge is 0.347 e. The summed E-state index contributed by atoms with van der Waals surface area (Å²) in [4.78, 5) is 26.5. The van der Waals surface area contributed by atoms with Gasteiger partial charge in [0.05, 0.1) is 6.42 Å². The summed E-state index contributed by atoms with van der Waals surface area (Å²) in [6.07, 6.45) is 2.32. The van der Waals surface area contributed by atoms with Gasteiger partial charge in [0.25, 0.3) is 0 Å². The first-order valence-corrected chi connectivity index (χ1v) is 11.1. The molecule has 1 aliphatic rings. The molecule has 0 unspecified atom stereocenters. The summed E-state index contributed by atoms with van der Waals surface area (Å²) in [5.74, 6) is -0.123. The fraction of sp³-hybridized carbons (Fsp3) is 0.333. The molecule has 3 aromatic rings. The third-order valence-electron chi connectivity index (χ3n) is 6.21. The van der Waals surface area contributed by atoms with E-state index in [2.05, 4.69) is 18.2 Å². The van der Waals surface area contributed by atoms with E-state index in [1.54, 1.807) is 6.07 Å². The summed E-state index contributed by atoms with van der Waals surface area (Å²) in [6, 6.07) is 21.9. The van der Waals surface area contributed by atoms with E-state index in [9.17, 15) is 14.7 Å². The monoisotopic (exact) mass is 431 g/mol. The maximum atomic E-state index is 13.2. The fourth-order valence-corrected chi connectivity index (χ4v) is 4.37. The van der Waals surface area contributed by atoms with Gasteiger partial charge in [0.1, 0.15) is 5.75 Å². The molecule has 1 aliphatic heterocycles. The Morgan fingerprint density at radius 3 is 2.62 bits per heavy atom. The molecule has 0 radical (unpaired) electrons. The second-order valence-electron chi connectivity index (χ2n) is 8.98. The lowest BCUT2D eigenvalue weighted by molar-refractivity contribution is -0.152. The van der Waals surface area contributed by atoms with Crippen LogP contribution in [0.25, 0.3) is 10.8 Å². The summed E-state index contributed by atoms with van der Waals surface area (Å²) in [5.41, 5.74) is 0.832. The Morgan fingerprint density at radius 1 is 1.06 bits per heavy atom.